The average molecular weight is 382 g/mol. The van der Waals surface area contributed by atoms with Gasteiger partial charge in [-0.25, -0.2) is 4.39 Å². The van der Waals surface area contributed by atoms with Crippen molar-refractivity contribution in [3.63, 3.8) is 0 Å². The molecule has 1 aliphatic rings. The third-order valence-corrected chi connectivity index (χ3v) is 5.45. The highest BCUT2D eigenvalue weighted by Gasteiger charge is 2.45. The Hall–Kier alpha value is -2.69. The summed E-state index contributed by atoms with van der Waals surface area (Å²) in [5, 5.41) is 5.90. The van der Waals surface area contributed by atoms with Crippen molar-refractivity contribution in [3.8, 4) is 0 Å². The first kappa shape index (κ1) is 20.1. The quantitative estimate of drug-likeness (QED) is 0.732. The van der Waals surface area contributed by atoms with Gasteiger partial charge in [-0.3, -0.25) is 9.59 Å². The predicted molar refractivity (Wildman–Crippen MR) is 109 cm³/mol. The number of halogens is 1. The molecule has 0 bridgehead atoms. The van der Waals surface area contributed by atoms with Crippen LogP contribution in [0.5, 0.6) is 0 Å². The maximum Gasteiger partial charge on any atom is 0.255 e. The minimum absolute atomic E-state index is 0.0995. The summed E-state index contributed by atoms with van der Waals surface area (Å²) in [6.45, 7) is 4.98. The minimum Gasteiger partial charge on any atom is -0.355 e. The highest BCUT2D eigenvalue weighted by molar-refractivity contribution is 6.04. The van der Waals surface area contributed by atoms with Crippen LogP contribution in [-0.2, 0) is 10.2 Å². The van der Waals surface area contributed by atoms with E-state index >= 15 is 0 Å². The van der Waals surface area contributed by atoms with Gasteiger partial charge in [0.25, 0.3) is 5.91 Å². The van der Waals surface area contributed by atoms with Gasteiger partial charge in [0.2, 0.25) is 5.91 Å². The van der Waals surface area contributed by atoms with Gasteiger partial charge in [0.15, 0.2) is 0 Å². The molecule has 0 spiro atoms. The van der Waals surface area contributed by atoms with Crippen LogP contribution >= 0.6 is 0 Å². The van der Waals surface area contributed by atoms with Crippen molar-refractivity contribution in [2.24, 2.45) is 5.92 Å². The number of rotatable bonds is 7. The number of carbonyl (C=O) groups is 2. The maximum atomic E-state index is 13.0. The first-order valence-electron chi connectivity index (χ1n) is 9.86. The number of carbonyl (C=O) groups excluding carboxylic acids is 2. The van der Waals surface area contributed by atoms with Gasteiger partial charge in [-0.15, -0.1) is 0 Å². The van der Waals surface area contributed by atoms with Crippen LogP contribution in [0.25, 0.3) is 0 Å². The van der Waals surface area contributed by atoms with Crippen LogP contribution in [0.2, 0.25) is 0 Å². The molecule has 0 aliphatic heterocycles. The Kier molecular flexibility index (Phi) is 6.12. The molecule has 0 heterocycles. The summed E-state index contributed by atoms with van der Waals surface area (Å²) in [5.41, 5.74) is 1.58. The molecule has 0 saturated heterocycles. The van der Waals surface area contributed by atoms with Gasteiger partial charge in [0.05, 0.1) is 5.41 Å². The largest absolute Gasteiger partial charge is 0.355 e. The number of amides is 2. The molecule has 2 aromatic rings. The van der Waals surface area contributed by atoms with Gasteiger partial charge >= 0.3 is 0 Å². The van der Waals surface area contributed by atoms with Gasteiger partial charge in [-0.1, -0.05) is 32.4 Å². The highest BCUT2D eigenvalue weighted by Crippen LogP contribution is 2.44. The van der Waals surface area contributed by atoms with Crippen LogP contribution in [0.1, 0.15) is 55.5 Å². The van der Waals surface area contributed by atoms with Crippen molar-refractivity contribution in [3.05, 3.63) is 65.5 Å². The normalized spacial score (nSPS) is 15.0. The van der Waals surface area contributed by atoms with E-state index in [1.165, 1.54) is 24.3 Å². The number of hydrogen-bond donors (Lipinski definition) is 2. The van der Waals surface area contributed by atoms with Crippen LogP contribution in [-0.4, -0.2) is 18.4 Å². The lowest BCUT2D eigenvalue weighted by Crippen LogP contribution is -2.49. The molecular formula is C23H27FN2O2. The lowest BCUT2D eigenvalue weighted by atomic mass is 9.63. The zero-order valence-corrected chi connectivity index (χ0v) is 16.4. The van der Waals surface area contributed by atoms with E-state index in [9.17, 15) is 14.0 Å². The SMILES string of the molecule is CC(C)CCNC(=O)C1(c2ccc(NC(=O)c3ccc(F)cc3)cc2)CCC1. The average Bonchev–Trinajstić information content (AvgIpc) is 2.62. The summed E-state index contributed by atoms with van der Waals surface area (Å²) in [5.74, 6) is -0.0138. The summed E-state index contributed by atoms with van der Waals surface area (Å²) >= 11 is 0. The molecule has 0 radical (unpaired) electrons. The Balaban J connectivity index is 1.66. The van der Waals surface area contributed by atoms with Crippen molar-refractivity contribution in [1.29, 1.82) is 0 Å². The van der Waals surface area contributed by atoms with E-state index in [1.54, 1.807) is 0 Å². The number of benzene rings is 2. The summed E-state index contributed by atoms with van der Waals surface area (Å²) in [6, 6.07) is 12.9. The van der Waals surface area contributed by atoms with Crippen molar-refractivity contribution < 1.29 is 14.0 Å². The third-order valence-electron chi connectivity index (χ3n) is 5.45. The summed E-state index contributed by atoms with van der Waals surface area (Å²) in [4.78, 5) is 25.1. The first-order chi connectivity index (χ1) is 13.4. The van der Waals surface area contributed by atoms with Crippen molar-refractivity contribution in [2.75, 3.05) is 11.9 Å². The van der Waals surface area contributed by atoms with E-state index in [1.807, 2.05) is 24.3 Å². The standard InChI is InChI=1S/C23H27FN2O2/c1-16(2)12-15-25-22(28)23(13-3-14-23)18-6-10-20(11-7-18)26-21(27)17-4-8-19(24)9-5-17/h4-11,16H,3,12-15H2,1-2H3,(H,25,28)(H,26,27). The second-order valence-corrected chi connectivity index (χ2v) is 7.91. The fourth-order valence-electron chi connectivity index (χ4n) is 3.50. The predicted octanol–water partition coefficient (Wildman–Crippen LogP) is 4.66. The molecule has 2 aromatic carbocycles. The molecule has 2 N–H and O–H groups in total. The number of anilines is 1. The Morgan fingerprint density at radius 1 is 1.04 bits per heavy atom. The number of nitrogens with one attached hydrogen (secondary N) is 2. The fourth-order valence-corrected chi connectivity index (χ4v) is 3.50. The van der Waals surface area contributed by atoms with E-state index in [2.05, 4.69) is 24.5 Å². The van der Waals surface area contributed by atoms with Crippen molar-refractivity contribution in [2.45, 2.75) is 44.9 Å². The molecule has 3 rings (SSSR count). The fraction of sp³-hybridized carbons (Fsp3) is 0.391. The Morgan fingerprint density at radius 3 is 2.21 bits per heavy atom. The summed E-state index contributed by atoms with van der Waals surface area (Å²) < 4.78 is 13.0. The third kappa shape index (κ3) is 4.41. The van der Waals surface area contributed by atoms with E-state index in [0.29, 0.717) is 23.7 Å². The Labute approximate surface area is 165 Å². The van der Waals surface area contributed by atoms with Crippen LogP contribution in [0, 0.1) is 11.7 Å². The topological polar surface area (TPSA) is 58.2 Å². The van der Waals surface area contributed by atoms with Crippen LogP contribution < -0.4 is 10.6 Å². The molecule has 1 aliphatic carbocycles. The van der Waals surface area contributed by atoms with Crippen molar-refractivity contribution in [1.82, 2.24) is 5.32 Å². The Bertz CT molecular complexity index is 825. The second-order valence-electron chi connectivity index (χ2n) is 7.91. The van der Waals surface area contributed by atoms with Gasteiger partial charge in [0.1, 0.15) is 5.82 Å². The van der Waals surface area contributed by atoms with E-state index < -0.39 is 5.41 Å². The zero-order chi connectivity index (χ0) is 20.1. The maximum absolute atomic E-state index is 13.0. The van der Waals surface area contributed by atoms with Crippen LogP contribution in [0.4, 0.5) is 10.1 Å². The van der Waals surface area contributed by atoms with Gasteiger partial charge in [-0.05, 0) is 67.1 Å². The second kappa shape index (κ2) is 8.55. The lowest BCUT2D eigenvalue weighted by Gasteiger charge is -2.41. The molecule has 1 saturated carbocycles. The summed E-state index contributed by atoms with van der Waals surface area (Å²) in [6.07, 6.45) is 3.71. The monoisotopic (exact) mass is 382 g/mol. The molecule has 4 nitrogen and oxygen atoms in total. The summed E-state index contributed by atoms with van der Waals surface area (Å²) in [7, 11) is 0. The van der Waals surface area contributed by atoms with Crippen LogP contribution in [0.15, 0.2) is 48.5 Å². The molecule has 148 valence electrons. The van der Waals surface area contributed by atoms with E-state index in [4.69, 9.17) is 0 Å². The molecule has 0 aromatic heterocycles. The molecule has 2 amide bonds. The highest BCUT2D eigenvalue weighted by atomic mass is 19.1. The minimum atomic E-state index is -0.448. The molecule has 28 heavy (non-hydrogen) atoms. The number of hydrogen-bond acceptors (Lipinski definition) is 2. The van der Waals surface area contributed by atoms with E-state index in [-0.39, 0.29) is 17.6 Å². The molecule has 0 atom stereocenters. The van der Waals surface area contributed by atoms with Gasteiger partial charge in [0, 0.05) is 17.8 Å². The Morgan fingerprint density at radius 2 is 1.68 bits per heavy atom. The zero-order valence-electron chi connectivity index (χ0n) is 16.4. The van der Waals surface area contributed by atoms with Gasteiger partial charge < -0.3 is 10.6 Å². The van der Waals surface area contributed by atoms with Gasteiger partial charge in [-0.2, -0.15) is 0 Å². The smallest absolute Gasteiger partial charge is 0.255 e. The first-order valence-corrected chi connectivity index (χ1v) is 9.86. The van der Waals surface area contributed by atoms with Crippen molar-refractivity contribution >= 4 is 17.5 Å². The molecule has 1 fully saturated rings. The molecule has 0 unspecified atom stereocenters. The van der Waals surface area contributed by atoms with Crippen LogP contribution in [0.3, 0.4) is 0 Å². The molecule has 5 heteroatoms. The van der Waals surface area contributed by atoms with E-state index in [0.717, 1.165) is 31.2 Å². The molecular weight excluding hydrogens is 355 g/mol. The lowest BCUT2D eigenvalue weighted by molar-refractivity contribution is -0.129.